The summed E-state index contributed by atoms with van der Waals surface area (Å²) in [4.78, 5) is 4.49. The van der Waals surface area contributed by atoms with Crippen LogP contribution in [0.5, 0.6) is 0 Å². The largest absolute Gasteiger partial charge is 0.366 e. The van der Waals surface area contributed by atoms with Crippen LogP contribution in [-0.4, -0.2) is 20.6 Å². The summed E-state index contributed by atoms with van der Waals surface area (Å²) >= 11 is 0. The van der Waals surface area contributed by atoms with E-state index >= 15 is 0 Å². The topological polar surface area (TPSA) is 42.2 Å². The normalized spacial score (nSPS) is 17.7. The van der Waals surface area contributed by atoms with Crippen LogP contribution in [-0.2, 0) is 0 Å². The van der Waals surface area contributed by atoms with Crippen LogP contribution in [0.25, 0.3) is 5.52 Å². The molecule has 0 spiro atoms. The number of nitrogens with one attached hydrogen (secondary N) is 1. The van der Waals surface area contributed by atoms with Gasteiger partial charge in [-0.1, -0.05) is 20.3 Å². The molecule has 2 aromatic rings. The van der Waals surface area contributed by atoms with Crippen LogP contribution in [0, 0.1) is 5.92 Å². The maximum Gasteiger partial charge on any atom is 0.152 e. The van der Waals surface area contributed by atoms with Gasteiger partial charge in [-0.25, -0.2) is 9.50 Å². The van der Waals surface area contributed by atoms with E-state index in [0.29, 0.717) is 12.0 Å². The summed E-state index contributed by atoms with van der Waals surface area (Å²) in [7, 11) is 0. The lowest BCUT2D eigenvalue weighted by atomic mass is 9.80. The molecule has 19 heavy (non-hydrogen) atoms. The van der Waals surface area contributed by atoms with E-state index in [2.05, 4.69) is 42.2 Å². The molecule has 0 radical (unpaired) electrons. The number of fused-ring (bicyclic) bond motifs is 1. The second-order valence-electron chi connectivity index (χ2n) is 5.95. The molecule has 1 saturated carbocycles. The molecule has 1 aliphatic rings. The lowest BCUT2D eigenvalue weighted by Crippen LogP contribution is -2.31. The van der Waals surface area contributed by atoms with Gasteiger partial charge in [-0.05, 0) is 37.7 Å². The molecule has 3 rings (SSSR count). The number of rotatable bonds is 4. The quantitative estimate of drug-likeness (QED) is 0.913. The smallest absolute Gasteiger partial charge is 0.152 e. The Kier molecular flexibility index (Phi) is 3.17. The third-order valence-corrected chi connectivity index (χ3v) is 4.22. The molecular formula is C15H22N4. The van der Waals surface area contributed by atoms with E-state index in [1.807, 2.05) is 16.9 Å². The Morgan fingerprint density at radius 2 is 2.11 bits per heavy atom. The molecule has 0 bridgehead atoms. The van der Waals surface area contributed by atoms with Crippen molar-refractivity contribution in [1.82, 2.24) is 14.6 Å². The summed E-state index contributed by atoms with van der Waals surface area (Å²) in [5.74, 6) is 2.20. The Hall–Kier alpha value is -1.58. The highest BCUT2D eigenvalue weighted by Gasteiger charge is 2.24. The van der Waals surface area contributed by atoms with Crippen LogP contribution in [0.2, 0.25) is 0 Å². The van der Waals surface area contributed by atoms with Gasteiger partial charge in [-0.3, -0.25) is 0 Å². The van der Waals surface area contributed by atoms with Crippen LogP contribution in [0.3, 0.4) is 0 Å². The molecule has 1 aliphatic carbocycles. The van der Waals surface area contributed by atoms with Crippen molar-refractivity contribution in [3.8, 4) is 0 Å². The van der Waals surface area contributed by atoms with Crippen LogP contribution >= 0.6 is 0 Å². The first kappa shape index (κ1) is 12.5. The average molecular weight is 258 g/mol. The second-order valence-corrected chi connectivity index (χ2v) is 5.95. The van der Waals surface area contributed by atoms with Crippen molar-refractivity contribution in [1.29, 1.82) is 0 Å². The fourth-order valence-corrected chi connectivity index (χ4v) is 2.61. The van der Waals surface area contributed by atoms with E-state index in [1.54, 1.807) is 0 Å². The van der Waals surface area contributed by atoms with Gasteiger partial charge in [0.1, 0.15) is 5.52 Å². The highest BCUT2D eigenvalue weighted by molar-refractivity contribution is 5.68. The Balaban J connectivity index is 1.89. The molecule has 0 aromatic carbocycles. The van der Waals surface area contributed by atoms with Gasteiger partial charge >= 0.3 is 0 Å². The number of aromatic nitrogens is 3. The average Bonchev–Trinajstić information content (AvgIpc) is 2.71. The summed E-state index contributed by atoms with van der Waals surface area (Å²) in [5, 5.41) is 8.16. The first-order chi connectivity index (χ1) is 9.15. The Morgan fingerprint density at radius 1 is 1.32 bits per heavy atom. The van der Waals surface area contributed by atoms with E-state index in [1.165, 1.54) is 19.3 Å². The van der Waals surface area contributed by atoms with Crippen molar-refractivity contribution in [2.24, 2.45) is 5.92 Å². The van der Waals surface area contributed by atoms with Crippen molar-refractivity contribution in [2.75, 3.05) is 5.32 Å². The monoisotopic (exact) mass is 258 g/mol. The van der Waals surface area contributed by atoms with Gasteiger partial charge in [0.2, 0.25) is 0 Å². The Morgan fingerprint density at radius 3 is 2.74 bits per heavy atom. The zero-order valence-corrected chi connectivity index (χ0v) is 11.9. The molecule has 0 aliphatic heterocycles. The van der Waals surface area contributed by atoms with Gasteiger partial charge in [0, 0.05) is 18.4 Å². The van der Waals surface area contributed by atoms with Gasteiger partial charge in [-0.15, -0.1) is 0 Å². The summed E-state index contributed by atoms with van der Waals surface area (Å²) in [5.41, 5.74) is 2.20. The van der Waals surface area contributed by atoms with E-state index in [0.717, 1.165) is 22.9 Å². The Labute approximate surface area is 114 Å². The zero-order valence-electron chi connectivity index (χ0n) is 11.9. The van der Waals surface area contributed by atoms with Gasteiger partial charge in [-0.2, -0.15) is 5.10 Å². The van der Waals surface area contributed by atoms with Gasteiger partial charge in [0.05, 0.1) is 5.69 Å². The van der Waals surface area contributed by atoms with Crippen molar-refractivity contribution in [3.05, 3.63) is 24.2 Å². The van der Waals surface area contributed by atoms with E-state index in [-0.39, 0.29) is 0 Å². The van der Waals surface area contributed by atoms with E-state index in [9.17, 15) is 0 Å². The predicted octanol–water partition coefficient (Wildman–Crippen LogP) is 3.45. The minimum absolute atomic E-state index is 0.441. The molecule has 0 amide bonds. The lowest BCUT2D eigenvalue weighted by Gasteiger charge is -2.32. The molecule has 4 nitrogen and oxygen atoms in total. The maximum atomic E-state index is 4.60. The fourth-order valence-electron chi connectivity index (χ4n) is 2.61. The van der Waals surface area contributed by atoms with Crippen molar-refractivity contribution < 1.29 is 0 Å². The van der Waals surface area contributed by atoms with Crippen LogP contribution in [0.4, 0.5) is 5.82 Å². The van der Waals surface area contributed by atoms with Crippen molar-refractivity contribution >= 4 is 11.3 Å². The highest BCUT2D eigenvalue weighted by atomic mass is 15.2. The summed E-state index contributed by atoms with van der Waals surface area (Å²) < 4.78 is 1.93. The van der Waals surface area contributed by atoms with E-state index < -0.39 is 0 Å². The van der Waals surface area contributed by atoms with Gasteiger partial charge in [0.15, 0.2) is 5.82 Å². The van der Waals surface area contributed by atoms with Crippen molar-refractivity contribution in [3.63, 3.8) is 0 Å². The predicted molar refractivity (Wildman–Crippen MR) is 77.5 cm³/mol. The molecule has 102 valence electrons. The van der Waals surface area contributed by atoms with E-state index in [4.69, 9.17) is 0 Å². The molecule has 0 saturated heterocycles. The van der Waals surface area contributed by atoms with Crippen LogP contribution in [0.15, 0.2) is 18.5 Å². The number of nitrogens with zero attached hydrogens (tertiary/aromatic N) is 3. The minimum Gasteiger partial charge on any atom is -0.366 e. The molecule has 1 N–H and O–H groups in total. The third kappa shape index (κ3) is 2.31. The third-order valence-electron chi connectivity index (χ3n) is 4.22. The number of hydrogen-bond acceptors (Lipinski definition) is 3. The lowest BCUT2D eigenvalue weighted by molar-refractivity contribution is 0.285. The molecule has 2 heterocycles. The standard InChI is InChI=1S/C15H22N4/c1-10(2)13-9-14-15(16-7-8-19(14)18-13)17-11(3)12-5-4-6-12/h7-12H,4-6H2,1-3H3,(H,16,17). The second kappa shape index (κ2) is 4.83. The highest BCUT2D eigenvalue weighted by Crippen LogP contribution is 2.31. The maximum absolute atomic E-state index is 4.60. The molecule has 4 heteroatoms. The number of hydrogen-bond donors (Lipinski definition) is 1. The van der Waals surface area contributed by atoms with Gasteiger partial charge < -0.3 is 5.32 Å². The van der Waals surface area contributed by atoms with Crippen LogP contribution in [0.1, 0.15) is 51.6 Å². The summed E-state index contributed by atoms with van der Waals surface area (Å²) in [6.07, 6.45) is 7.79. The SMILES string of the molecule is CC(C)c1cc2c(NC(C)C3CCC3)nccn2n1. The molecular weight excluding hydrogens is 236 g/mol. The minimum atomic E-state index is 0.441. The molecule has 1 atom stereocenters. The zero-order chi connectivity index (χ0) is 13.4. The molecule has 1 fully saturated rings. The van der Waals surface area contributed by atoms with Crippen LogP contribution < -0.4 is 5.32 Å². The summed E-state index contributed by atoms with van der Waals surface area (Å²) in [6.45, 7) is 6.59. The first-order valence-electron chi connectivity index (χ1n) is 7.26. The first-order valence-corrected chi connectivity index (χ1v) is 7.26. The summed E-state index contributed by atoms with van der Waals surface area (Å²) in [6, 6.07) is 2.64. The molecule has 2 aromatic heterocycles. The molecule has 1 unspecified atom stereocenters. The fraction of sp³-hybridized carbons (Fsp3) is 0.600. The Bertz CT molecular complexity index is 569. The van der Waals surface area contributed by atoms with Crippen molar-refractivity contribution in [2.45, 2.75) is 52.0 Å². The van der Waals surface area contributed by atoms with Gasteiger partial charge in [0.25, 0.3) is 0 Å². The number of anilines is 1.